The van der Waals surface area contributed by atoms with Crippen LogP contribution in [0.4, 0.5) is 0 Å². The van der Waals surface area contributed by atoms with Crippen molar-refractivity contribution in [3.8, 4) is 5.75 Å². The van der Waals surface area contributed by atoms with E-state index in [2.05, 4.69) is 9.88 Å². The zero-order valence-electron chi connectivity index (χ0n) is 12.9. The maximum atomic E-state index is 6.16. The Morgan fingerprint density at radius 1 is 1.41 bits per heavy atom. The molecule has 0 saturated carbocycles. The summed E-state index contributed by atoms with van der Waals surface area (Å²) in [6.45, 7) is 5.87. The van der Waals surface area contributed by atoms with E-state index in [9.17, 15) is 0 Å². The summed E-state index contributed by atoms with van der Waals surface area (Å²) in [5.74, 6) is 1.55. The molecular formula is C17H24N2O3. The number of aromatic nitrogens is 1. The van der Waals surface area contributed by atoms with E-state index in [4.69, 9.17) is 14.2 Å². The Hall–Kier alpha value is -1.17. The lowest BCUT2D eigenvalue weighted by molar-refractivity contribution is 0.00876. The van der Waals surface area contributed by atoms with Crippen LogP contribution in [0.1, 0.15) is 19.3 Å². The van der Waals surface area contributed by atoms with Crippen LogP contribution in [0.25, 0.3) is 0 Å². The van der Waals surface area contributed by atoms with Gasteiger partial charge in [0.1, 0.15) is 11.9 Å². The number of likely N-dealkylation sites (tertiary alicyclic amines) is 1. The minimum absolute atomic E-state index is 0.00629. The van der Waals surface area contributed by atoms with Crippen molar-refractivity contribution in [3.63, 3.8) is 0 Å². The molecule has 1 aromatic rings. The number of ether oxygens (including phenoxy) is 3. The first-order chi connectivity index (χ1) is 10.8. The molecule has 3 aliphatic rings. The zero-order chi connectivity index (χ0) is 14.8. The van der Waals surface area contributed by atoms with Gasteiger partial charge in [-0.1, -0.05) is 0 Å². The molecule has 4 rings (SSSR count). The van der Waals surface area contributed by atoms with Crippen LogP contribution in [0.5, 0.6) is 5.75 Å². The van der Waals surface area contributed by atoms with Crippen LogP contribution < -0.4 is 4.74 Å². The van der Waals surface area contributed by atoms with Gasteiger partial charge in [-0.2, -0.15) is 0 Å². The summed E-state index contributed by atoms with van der Waals surface area (Å²) in [6, 6.07) is 3.86. The summed E-state index contributed by atoms with van der Waals surface area (Å²) < 4.78 is 17.7. The Morgan fingerprint density at radius 2 is 2.41 bits per heavy atom. The van der Waals surface area contributed by atoms with Gasteiger partial charge in [0.05, 0.1) is 25.0 Å². The van der Waals surface area contributed by atoms with E-state index in [1.54, 1.807) is 12.4 Å². The zero-order valence-corrected chi connectivity index (χ0v) is 12.9. The standard InChI is InChI=1S/C17H24N2O3/c1-2-15(9-18-5-1)22-16-8-17(21-12-16)4-6-19(13-17)10-14-3-7-20-11-14/h1-2,5,9,14,16H,3-4,6-8,10-13H2. The van der Waals surface area contributed by atoms with Gasteiger partial charge in [-0.05, 0) is 30.9 Å². The Labute approximate surface area is 131 Å². The van der Waals surface area contributed by atoms with Crippen LogP contribution in [0.2, 0.25) is 0 Å². The molecule has 3 saturated heterocycles. The Kier molecular flexibility index (Phi) is 4.03. The lowest BCUT2D eigenvalue weighted by Gasteiger charge is -2.24. The number of nitrogens with zero attached hydrogens (tertiary/aromatic N) is 2. The first-order valence-electron chi connectivity index (χ1n) is 8.32. The Balaban J connectivity index is 1.30. The van der Waals surface area contributed by atoms with Crippen LogP contribution >= 0.6 is 0 Å². The highest BCUT2D eigenvalue weighted by Gasteiger charge is 2.46. The van der Waals surface area contributed by atoms with Gasteiger partial charge in [0.2, 0.25) is 0 Å². The van der Waals surface area contributed by atoms with Crippen molar-refractivity contribution in [2.24, 2.45) is 5.92 Å². The van der Waals surface area contributed by atoms with Gasteiger partial charge in [0, 0.05) is 38.9 Å². The number of pyridine rings is 1. The lowest BCUT2D eigenvalue weighted by Crippen LogP contribution is -2.35. The lowest BCUT2D eigenvalue weighted by atomic mass is 9.98. The van der Waals surface area contributed by atoms with E-state index < -0.39 is 0 Å². The summed E-state index contributed by atoms with van der Waals surface area (Å²) >= 11 is 0. The minimum atomic E-state index is 0.00629. The monoisotopic (exact) mass is 304 g/mol. The third kappa shape index (κ3) is 3.12. The molecule has 5 nitrogen and oxygen atoms in total. The van der Waals surface area contributed by atoms with E-state index >= 15 is 0 Å². The second-order valence-corrected chi connectivity index (χ2v) is 6.84. The van der Waals surface area contributed by atoms with E-state index in [0.29, 0.717) is 12.5 Å². The molecule has 1 spiro atoms. The predicted octanol–water partition coefficient (Wildman–Crippen LogP) is 1.73. The van der Waals surface area contributed by atoms with Gasteiger partial charge in [-0.25, -0.2) is 0 Å². The van der Waals surface area contributed by atoms with Crippen molar-refractivity contribution in [1.29, 1.82) is 0 Å². The fourth-order valence-electron chi connectivity index (χ4n) is 3.95. The summed E-state index contributed by atoms with van der Waals surface area (Å²) in [6.07, 6.45) is 7.00. The highest BCUT2D eigenvalue weighted by Crippen LogP contribution is 2.37. The van der Waals surface area contributed by atoms with Crippen molar-refractivity contribution in [2.45, 2.75) is 31.0 Å². The molecule has 0 aliphatic carbocycles. The average Bonchev–Trinajstić information content (AvgIpc) is 3.25. The van der Waals surface area contributed by atoms with Gasteiger partial charge in [-0.3, -0.25) is 9.88 Å². The van der Waals surface area contributed by atoms with E-state index in [1.807, 2.05) is 12.1 Å². The number of hydrogen-bond acceptors (Lipinski definition) is 5. The van der Waals surface area contributed by atoms with E-state index in [1.165, 1.54) is 6.42 Å². The Bertz CT molecular complexity index is 492. The van der Waals surface area contributed by atoms with Gasteiger partial charge < -0.3 is 14.2 Å². The molecule has 5 heteroatoms. The van der Waals surface area contributed by atoms with Crippen LogP contribution in [0, 0.1) is 5.92 Å². The summed E-state index contributed by atoms with van der Waals surface area (Å²) in [5.41, 5.74) is 0.00629. The molecule has 0 amide bonds. The first-order valence-corrected chi connectivity index (χ1v) is 8.32. The summed E-state index contributed by atoms with van der Waals surface area (Å²) in [5, 5.41) is 0. The summed E-state index contributed by atoms with van der Waals surface area (Å²) in [4.78, 5) is 6.65. The first kappa shape index (κ1) is 14.4. The molecule has 3 atom stereocenters. The SMILES string of the molecule is c1cncc(OC2COC3(CCN(CC4CCOC4)C3)C2)c1. The molecule has 3 unspecified atom stereocenters. The van der Waals surface area contributed by atoms with Crippen molar-refractivity contribution in [2.75, 3.05) is 39.5 Å². The molecule has 3 fully saturated rings. The molecule has 4 heterocycles. The van der Waals surface area contributed by atoms with E-state index in [0.717, 1.165) is 51.4 Å². The van der Waals surface area contributed by atoms with Crippen LogP contribution in [-0.2, 0) is 9.47 Å². The molecule has 120 valence electrons. The minimum Gasteiger partial charge on any atom is -0.486 e. The van der Waals surface area contributed by atoms with Crippen LogP contribution in [0.15, 0.2) is 24.5 Å². The van der Waals surface area contributed by atoms with Gasteiger partial charge in [-0.15, -0.1) is 0 Å². The molecule has 22 heavy (non-hydrogen) atoms. The van der Waals surface area contributed by atoms with E-state index in [-0.39, 0.29) is 11.7 Å². The van der Waals surface area contributed by atoms with Crippen LogP contribution in [-0.4, -0.2) is 61.0 Å². The van der Waals surface area contributed by atoms with Gasteiger partial charge in [0.25, 0.3) is 0 Å². The normalized spacial score (nSPS) is 35.5. The Morgan fingerprint density at radius 3 is 3.23 bits per heavy atom. The fourth-order valence-corrected chi connectivity index (χ4v) is 3.95. The van der Waals surface area contributed by atoms with Crippen molar-refractivity contribution in [3.05, 3.63) is 24.5 Å². The molecule has 0 bridgehead atoms. The third-order valence-corrected chi connectivity index (χ3v) is 5.05. The quantitative estimate of drug-likeness (QED) is 0.847. The van der Waals surface area contributed by atoms with Crippen molar-refractivity contribution >= 4 is 0 Å². The van der Waals surface area contributed by atoms with Crippen LogP contribution in [0.3, 0.4) is 0 Å². The molecule has 3 aliphatic heterocycles. The fraction of sp³-hybridized carbons (Fsp3) is 0.706. The number of rotatable bonds is 4. The second-order valence-electron chi connectivity index (χ2n) is 6.84. The van der Waals surface area contributed by atoms with Gasteiger partial charge in [0.15, 0.2) is 0 Å². The van der Waals surface area contributed by atoms with Crippen molar-refractivity contribution < 1.29 is 14.2 Å². The largest absolute Gasteiger partial charge is 0.486 e. The smallest absolute Gasteiger partial charge is 0.138 e. The predicted molar refractivity (Wildman–Crippen MR) is 81.9 cm³/mol. The summed E-state index contributed by atoms with van der Waals surface area (Å²) in [7, 11) is 0. The van der Waals surface area contributed by atoms with Crippen molar-refractivity contribution in [1.82, 2.24) is 9.88 Å². The molecule has 1 aromatic heterocycles. The number of hydrogen-bond donors (Lipinski definition) is 0. The molecule has 0 aromatic carbocycles. The highest BCUT2D eigenvalue weighted by molar-refractivity contribution is 5.16. The maximum absolute atomic E-state index is 6.16. The maximum Gasteiger partial charge on any atom is 0.138 e. The highest BCUT2D eigenvalue weighted by atomic mass is 16.6. The topological polar surface area (TPSA) is 43.8 Å². The van der Waals surface area contributed by atoms with Gasteiger partial charge >= 0.3 is 0 Å². The molecule has 0 N–H and O–H groups in total. The molecule has 0 radical (unpaired) electrons. The second kappa shape index (κ2) is 6.14. The average molecular weight is 304 g/mol. The molecular weight excluding hydrogens is 280 g/mol. The third-order valence-electron chi connectivity index (χ3n) is 5.05.